The second kappa shape index (κ2) is 4.86. The number of nitrogens with zero attached hydrogens (tertiary/aromatic N) is 5. The molecule has 0 atom stereocenters. The fourth-order valence-corrected chi connectivity index (χ4v) is 3.16. The Balaban J connectivity index is 1.88. The van der Waals surface area contributed by atoms with Crippen LogP contribution in [0.4, 0.5) is 11.9 Å². The maximum atomic E-state index is 4.70. The third kappa shape index (κ3) is 2.34. The SMILES string of the molecule is CC(C)c1nc(N(C)C)nc(N2CCC3(CCC3)C2)n1. The topological polar surface area (TPSA) is 45.2 Å². The predicted octanol–water partition coefficient (Wildman–Crippen LogP) is 2.44. The summed E-state index contributed by atoms with van der Waals surface area (Å²) in [5.41, 5.74) is 0.572. The van der Waals surface area contributed by atoms with E-state index in [0.717, 1.165) is 30.8 Å². The summed E-state index contributed by atoms with van der Waals surface area (Å²) in [4.78, 5) is 18.2. The molecule has 0 radical (unpaired) electrons. The van der Waals surface area contributed by atoms with E-state index in [2.05, 4.69) is 28.7 Å². The average Bonchev–Trinajstić information content (AvgIpc) is 2.83. The van der Waals surface area contributed by atoms with Crippen molar-refractivity contribution in [2.45, 2.75) is 45.4 Å². The average molecular weight is 275 g/mol. The molecule has 0 unspecified atom stereocenters. The van der Waals surface area contributed by atoms with E-state index in [9.17, 15) is 0 Å². The van der Waals surface area contributed by atoms with E-state index in [-0.39, 0.29) is 0 Å². The minimum absolute atomic E-state index is 0.329. The van der Waals surface area contributed by atoms with Gasteiger partial charge in [-0.2, -0.15) is 15.0 Å². The van der Waals surface area contributed by atoms with Crippen molar-refractivity contribution in [2.75, 3.05) is 37.0 Å². The Kier molecular flexibility index (Phi) is 3.30. The summed E-state index contributed by atoms with van der Waals surface area (Å²) in [6.07, 6.45) is 5.45. The van der Waals surface area contributed by atoms with Crippen molar-refractivity contribution in [2.24, 2.45) is 5.41 Å². The van der Waals surface area contributed by atoms with Gasteiger partial charge in [0.25, 0.3) is 0 Å². The first-order valence-corrected chi connectivity index (χ1v) is 7.67. The molecule has 110 valence electrons. The van der Waals surface area contributed by atoms with Gasteiger partial charge in [-0.15, -0.1) is 0 Å². The van der Waals surface area contributed by atoms with Crippen LogP contribution in [0.1, 0.15) is 51.3 Å². The monoisotopic (exact) mass is 275 g/mol. The van der Waals surface area contributed by atoms with Crippen molar-refractivity contribution in [3.8, 4) is 0 Å². The van der Waals surface area contributed by atoms with E-state index < -0.39 is 0 Å². The lowest BCUT2D eigenvalue weighted by Gasteiger charge is -2.38. The molecule has 5 heteroatoms. The van der Waals surface area contributed by atoms with Crippen molar-refractivity contribution in [3.05, 3.63) is 5.82 Å². The van der Waals surface area contributed by atoms with E-state index in [4.69, 9.17) is 4.98 Å². The molecule has 0 aromatic carbocycles. The van der Waals surface area contributed by atoms with E-state index in [0.29, 0.717) is 11.3 Å². The van der Waals surface area contributed by atoms with E-state index in [1.54, 1.807) is 0 Å². The minimum Gasteiger partial charge on any atom is -0.347 e. The molecule has 2 heterocycles. The van der Waals surface area contributed by atoms with Crippen LogP contribution in [0.15, 0.2) is 0 Å². The second-order valence-corrected chi connectivity index (χ2v) is 6.87. The first-order chi connectivity index (χ1) is 9.49. The van der Waals surface area contributed by atoms with Gasteiger partial charge in [-0.25, -0.2) is 0 Å². The van der Waals surface area contributed by atoms with Crippen LogP contribution in [0.2, 0.25) is 0 Å². The summed E-state index contributed by atoms with van der Waals surface area (Å²) in [6.45, 7) is 6.49. The predicted molar refractivity (Wildman–Crippen MR) is 81.4 cm³/mol. The third-order valence-corrected chi connectivity index (χ3v) is 4.68. The van der Waals surface area contributed by atoms with Crippen LogP contribution < -0.4 is 9.80 Å². The molecule has 2 aliphatic rings. The highest BCUT2D eigenvalue weighted by Crippen LogP contribution is 2.48. The van der Waals surface area contributed by atoms with Gasteiger partial charge in [0.15, 0.2) is 0 Å². The Morgan fingerprint density at radius 3 is 2.35 bits per heavy atom. The van der Waals surface area contributed by atoms with Gasteiger partial charge in [0.2, 0.25) is 11.9 Å². The largest absolute Gasteiger partial charge is 0.347 e. The van der Waals surface area contributed by atoms with Crippen LogP contribution in [-0.2, 0) is 0 Å². The van der Waals surface area contributed by atoms with Crippen LogP contribution in [0.3, 0.4) is 0 Å². The highest BCUT2D eigenvalue weighted by atomic mass is 15.3. The minimum atomic E-state index is 0.329. The zero-order valence-electron chi connectivity index (χ0n) is 13.1. The molecule has 1 aromatic rings. The number of anilines is 2. The third-order valence-electron chi connectivity index (χ3n) is 4.68. The molecular formula is C15H25N5. The zero-order chi connectivity index (χ0) is 14.3. The van der Waals surface area contributed by atoms with E-state index >= 15 is 0 Å². The molecule has 20 heavy (non-hydrogen) atoms. The van der Waals surface area contributed by atoms with Crippen LogP contribution in [0.25, 0.3) is 0 Å². The zero-order valence-corrected chi connectivity index (χ0v) is 13.1. The van der Waals surface area contributed by atoms with Gasteiger partial charge in [0.1, 0.15) is 5.82 Å². The Bertz CT molecular complexity index is 467. The highest BCUT2D eigenvalue weighted by Gasteiger charge is 2.43. The van der Waals surface area contributed by atoms with Crippen molar-refractivity contribution in [1.82, 2.24) is 15.0 Å². The summed E-state index contributed by atoms with van der Waals surface area (Å²) in [5.74, 6) is 2.87. The lowest BCUT2D eigenvalue weighted by molar-refractivity contribution is 0.165. The van der Waals surface area contributed by atoms with Gasteiger partial charge in [0.05, 0.1) is 0 Å². The molecule has 2 fully saturated rings. The van der Waals surface area contributed by atoms with Crippen LogP contribution in [-0.4, -0.2) is 42.1 Å². The molecule has 1 saturated heterocycles. The van der Waals surface area contributed by atoms with E-state index in [1.165, 1.54) is 25.7 Å². The van der Waals surface area contributed by atoms with Crippen molar-refractivity contribution < 1.29 is 0 Å². The molecule has 0 N–H and O–H groups in total. The lowest BCUT2D eigenvalue weighted by Crippen LogP contribution is -2.34. The summed E-state index contributed by atoms with van der Waals surface area (Å²) in [5, 5.41) is 0. The van der Waals surface area contributed by atoms with Gasteiger partial charge in [-0.05, 0) is 24.7 Å². The molecule has 1 aliphatic heterocycles. The molecule has 0 amide bonds. The van der Waals surface area contributed by atoms with Gasteiger partial charge >= 0.3 is 0 Å². The molecule has 1 aromatic heterocycles. The molecule has 5 nitrogen and oxygen atoms in total. The Morgan fingerprint density at radius 2 is 1.85 bits per heavy atom. The van der Waals surface area contributed by atoms with Crippen molar-refractivity contribution >= 4 is 11.9 Å². The standard InChI is InChI=1S/C15H25N5/c1-11(2)12-16-13(19(3)4)18-14(17-12)20-9-8-15(10-20)6-5-7-15/h11H,5-10H2,1-4H3. The molecule has 0 bridgehead atoms. The maximum absolute atomic E-state index is 4.70. The van der Waals surface area contributed by atoms with Gasteiger partial charge in [-0.1, -0.05) is 20.3 Å². The first kappa shape index (κ1) is 13.6. The maximum Gasteiger partial charge on any atom is 0.230 e. The smallest absolute Gasteiger partial charge is 0.230 e. The first-order valence-electron chi connectivity index (χ1n) is 7.67. The Morgan fingerprint density at radius 1 is 1.10 bits per heavy atom. The number of hydrogen-bond donors (Lipinski definition) is 0. The lowest BCUT2D eigenvalue weighted by atomic mass is 9.68. The number of aromatic nitrogens is 3. The summed E-state index contributed by atoms with van der Waals surface area (Å²) in [6, 6.07) is 0. The molecular weight excluding hydrogens is 250 g/mol. The summed E-state index contributed by atoms with van der Waals surface area (Å²) in [7, 11) is 3.97. The van der Waals surface area contributed by atoms with Crippen LogP contribution in [0.5, 0.6) is 0 Å². The fraction of sp³-hybridized carbons (Fsp3) is 0.800. The van der Waals surface area contributed by atoms with Gasteiger partial charge in [-0.3, -0.25) is 0 Å². The van der Waals surface area contributed by atoms with Crippen LogP contribution in [0, 0.1) is 5.41 Å². The Hall–Kier alpha value is -1.39. The molecule has 1 saturated carbocycles. The highest BCUT2D eigenvalue weighted by molar-refractivity contribution is 5.40. The van der Waals surface area contributed by atoms with Crippen molar-refractivity contribution in [3.63, 3.8) is 0 Å². The van der Waals surface area contributed by atoms with Gasteiger partial charge < -0.3 is 9.80 Å². The normalized spacial score (nSPS) is 20.6. The second-order valence-electron chi connectivity index (χ2n) is 6.87. The fourth-order valence-electron chi connectivity index (χ4n) is 3.16. The van der Waals surface area contributed by atoms with Gasteiger partial charge in [0, 0.05) is 33.1 Å². The Labute approximate surface area is 121 Å². The quantitative estimate of drug-likeness (QED) is 0.848. The van der Waals surface area contributed by atoms with Crippen molar-refractivity contribution in [1.29, 1.82) is 0 Å². The number of hydrogen-bond acceptors (Lipinski definition) is 5. The summed E-state index contributed by atoms with van der Waals surface area (Å²) < 4.78 is 0. The van der Waals surface area contributed by atoms with Crippen LogP contribution >= 0.6 is 0 Å². The molecule has 1 spiro atoms. The van der Waals surface area contributed by atoms with E-state index in [1.807, 2.05) is 19.0 Å². The number of rotatable bonds is 3. The molecule has 3 rings (SSSR count). The molecule has 1 aliphatic carbocycles. The summed E-state index contributed by atoms with van der Waals surface area (Å²) >= 11 is 0.